The van der Waals surface area contributed by atoms with E-state index in [-0.39, 0.29) is 17.6 Å². The number of thioether (sulfide) groups is 1. The van der Waals surface area contributed by atoms with Crippen LogP contribution in [0.2, 0.25) is 0 Å². The highest BCUT2D eigenvalue weighted by atomic mass is 79.9. The fraction of sp³-hybridized carbons (Fsp3) is 0.417. The fourth-order valence-electron chi connectivity index (χ4n) is 4.04. The van der Waals surface area contributed by atoms with Gasteiger partial charge >= 0.3 is 5.97 Å². The van der Waals surface area contributed by atoms with Crippen LogP contribution in [0.25, 0.3) is 11.4 Å². The molecule has 0 saturated heterocycles. The smallest absolute Gasteiger partial charge is 0.341 e. The molecule has 1 aliphatic rings. The number of fused-ring (bicyclic) bond motifs is 1. The van der Waals surface area contributed by atoms with Gasteiger partial charge in [0.2, 0.25) is 5.91 Å². The number of aromatic nitrogens is 3. The number of rotatable bonds is 8. The number of anilines is 1. The maximum Gasteiger partial charge on any atom is 0.341 e. The van der Waals surface area contributed by atoms with Crippen LogP contribution in [0, 0.1) is 0 Å². The molecule has 1 aromatic carbocycles. The Kier molecular flexibility index (Phi) is 8.44. The van der Waals surface area contributed by atoms with E-state index in [2.05, 4.69) is 31.4 Å². The second-order valence-electron chi connectivity index (χ2n) is 7.88. The average Bonchev–Trinajstić information content (AvgIpc) is 3.31. The van der Waals surface area contributed by atoms with Crippen molar-refractivity contribution in [3.63, 3.8) is 0 Å². The van der Waals surface area contributed by atoms with Gasteiger partial charge in [-0.2, -0.15) is 0 Å². The Morgan fingerprint density at radius 2 is 1.91 bits per heavy atom. The third kappa shape index (κ3) is 5.55. The third-order valence-corrected chi connectivity index (χ3v) is 8.32. The van der Waals surface area contributed by atoms with Gasteiger partial charge in [-0.3, -0.25) is 4.79 Å². The highest BCUT2D eigenvalue weighted by Crippen LogP contribution is 2.38. The lowest BCUT2D eigenvalue weighted by atomic mass is 10.1. The van der Waals surface area contributed by atoms with Crippen LogP contribution >= 0.6 is 39.0 Å². The molecule has 0 spiro atoms. The molecule has 0 radical (unpaired) electrons. The summed E-state index contributed by atoms with van der Waals surface area (Å²) in [6.45, 7) is 4.82. The predicted molar refractivity (Wildman–Crippen MR) is 140 cm³/mol. The Balaban J connectivity index is 1.49. The van der Waals surface area contributed by atoms with E-state index < -0.39 is 0 Å². The number of ether oxygens (including phenoxy) is 1. The first-order valence-electron chi connectivity index (χ1n) is 11.4. The summed E-state index contributed by atoms with van der Waals surface area (Å²) in [6.07, 6.45) is 5.10. The van der Waals surface area contributed by atoms with Crippen molar-refractivity contribution in [1.82, 2.24) is 14.8 Å². The van der Waals surface area contributed by atoms with Crippen LogP contribution in [-0.4, -0.2) is 39.0 Å². The SMILES string of the molecule is CCOC(=O)c1c(NC(=O)CSc2nnc(-c3ccc(Br)cc3)n2CC)sc2c1CCCCC2. The highest BCUT2D eigenvalue weighted by molar-refractivity contribution is 9.10. The van der Waals surface area contributed by atoms with Crippen molar-refractivity contribution in [2.75, 3.05) is 17.7 Å². The third-order valence-electron chi connectivity index (χ3n) is 5.62. The van der Waals surface area contributed by atoms with Gasteiger partial charge in [0.1, 0.15) is 5.00 Å². The van der Waals surface area contributed by atoms with E-state index in [1.807, 2.05) is 35.8 Å². The number of esters is 1. The lowest BCUT2D eigenvalue weighted by Gasteiger charge is -2.09. The van der Waals surface area contributed by atoms with Crippen molar-refractivity contribution in [2.24, 2.45) is 0 Å². The van der Waals surface area contributed by atoms with Gasteiger partial charge < -0.3 is 14.6 Å². The van der Waals surface area contributed by atoms with Gasteiger partial charge in [-0.25, -0.2) is 4.79 Å². The molecule has 0 bridgehead atoms. The lowest BCUT2D eigenvalue weighted by molar-refractivity contribution is -0.113. The van der Waals surface area contributed by atoms with Gasteiger partial charge in [0, 0.05) is 21.5 Å². The Morgan fingerprint density at radius 1 is 1.15 bits per heavy atom. The molecular formula is C24H27BrN4O3S2. The minimum absolute atomic E-state index is 0.170. The average molecular weight is 564 g/mol. The van der Waals surface area contributed by atoms with Gasteiger partial charge in [-0.15, -0.1) is 21.5 Å². The van der Waals surface area contributed by atoms with E-state index in [9.17, 15) is 9.59 Å². The van der Waals surface area contributed by atoms with E-state index in [0.29, 0.717) is 28.9 Å². The standard InChI is InChI=1S/C24H27BrN4O3S2/c1-3-29-21(15-10-12-16(25)13-11-15)27-28-24(29)33-14-19(30)26-22-20(23(31)32-4-2)17-8-6-5-7-9-18(17)34-22/h10-13H,3-9,14H2,1-2H3,(H,26,30). The molecule has 1 N–H and O–H groups in total. The van der Waals surface area contributed by atoms with E-state index in [1.54, 1.807) is 6.92 Å². The van der Waals surface area contributed by atoms with Gasteiger partial charge in [0.05, 0.1) is 17.9 Å². The van der Waals surface area contributed by atoms with Crippen LogP contribution in [0.3, 0.4) is 0 Å². The monoisotopic (exact) mass is 562 g/mol. The van der Waals surface area contributed by atoms with E-state index >= 15 is 0 Å². The minimum atomic E-state index is -0.352. The second kappa shape index (κ2) is 11.5. The largest absolute Gasteiger partial charge is 0.462 e. The van der Waals surface area contributed by atoms with Gasteiger partial charge in [-0.05, 0) is 57.2 Å². The van der Waals surface area contributed by atoms with Crippen molar-refractivity contribution in [3.05, 3.63) is 44.7 Å². The molecule has 2 heterocycles. The summed E-state index contributed by atoms with van der Waals surface area (Å²) in [4.78, 5) is 26.8. The quantitative estimate of drug-likeness (QED) is 0.207. The molecule has 10 heteroatoms. The Hall–Kier alpha value is -2.17. The maximum atomic E-state index is 12.9. The summed E-state index contributed by atoms with van der Waals surface area (Å²) >= 11 is 6.30. The molecule has 0 atom stereocenters. The zero-order valence-electron chi connectivity index (χ0n) is 19.2. The van der Waals surface area contributed by atoms with Crippen LogP contribution < -0.4 is 5.32 Å². The number of nitrogens with one attached hydrogen (secondary N) is 1. The van der Waals surface area contributed by atoms with Crippen molar-refractivity contribution in [3.8, 4) is 11.4 Å². The second-order valence-corrected chi connectivity index (χ2v) is 10.8. The summed E-state index contributed by atoms with van der Waals surface area (Å²) in [6, 6.07) is 7.90. The number of hydrogen-bond donors (Lipinski definition) is 1. The first kappa shape index (κ1) is 24.9. The number of aryl methyl sites for hydroxylation is 1. The summed E-state index contributed by atoms with van der Waals surface area (Å²) in [7, 11) is 0. The van der Waals surface area contributed by atoms with Crippen LogP contribution in [0.15, 0.2) is 33.9 Å². The summed E-state index contributed by atoms with van der Waals surface area (Å²) in [5, 5.41) is 12.9. The number of thiophene rings is 1. The van der Waals surface area contributed by atoms with Gasteiger partial charge in [-0.1, -0.05) is 46.2 Å². The fourth-order valence-corrected chi connectivity index (χ4v) is 6.40. The zero-order valence-corrected chi connectivity index (χ0v) is 22.4. The van der Waals surface area contributed by atoms with Gasteiger partial charge in [0.15, 0.2) is 11.0 Å². The topological polar surface area (TPSA) is 86.1 Å². The molecule has 0 fully saturated rings. The van der Waals surface area contributed by atoms with Crippen molar-refractivity contribution >= 4 is 55.9 Å². The molecule has 34 heavy (non-hydrogen) atoms. The molecule has 2 aromatic heterocycles. The summed E-state index contributed by atoms with van der Waals surface area (Å²) < 4.78 is 8.31. The first-order valence-corrected chi connectivity index (χ1v) is 14.0. The van der Waals surface area contributed by atoms with Crippen LogP contribution in [-0.2, 0) is 28.9 Å². The normalized spacial score (nSPS) is 13.3. The number of carbonyl (C=O) groups excluding carboxylic acids is 2. The Bertz CT molecular complexity index is 1170. The maximum absolute atomic E-state index is 12.9. The van der Waals surface area contributed by atoms with Crippen LogP contribution in [0.1, 0.15) is 53.9 Å². The van der Waals surface area contributed by atoms with Crippen LogP contribution in [0.5, 0.6) is 0 Å². The predicted octanol–water partition coefficient (Wildman–Crippen LogP) is 5.97. The molecule has 4 rings (SSSR count). The Morgan fingerprint density at radius 3 is 2.65 bits per heavy atom. The number of benzene rings is 1. The van der Waals surface area contributed by atoms with Crippen molar-refractivity contribution < 1.29 is 14.3 Å². The summed E-state index contributed by atoms with van der Waals surface area (Å²) in [5.74, 6) is 0.408. The van der Waals surface area contributed by atoms with E-state index in [4.69, 9.17) is 4.74 Å². The van der Waals surface area contributed by atoms with E-state index in [1.165, 1.54) is 28.0 Å². The number of amides is 1. The molecule has 3 aromatic rings. The van der Waals surface area contributed by atoms with Crippen molar-refractivity contribution in [2.45, 2.75) is 57.7 Å². The number of halogens is 1. The van der Waals surface area contributed by atoms with Crippen molar-refractivity contribution in [1.29, 1.82) is 0 Å². The molecule has 0 aliphatic heterocycles. The molecular weight excluding hydrogens is 536 g/mol. The first-order chi connectivity index (χ1) is 16.5. The van der Waals surface area contributed by atoms with Gasteiger partial charge in [0.25, 0.3) is 0 Å². The summed E-state index contributed by atoms with van der Waals surface area (Å²) in [5.41, 5.74) is 2.55. The molecule has 0 saturated carbocycles. The number of carbonyl (C=O) groups is 2. The zero-order chi connectivity index (χ0) is 24.1. The lowest BCUT2D eigenvalue weighted by Crippen LogP contribution is -2.17. The number of hydrogen-bond acceptors (Lipinski definition) is 7. The van der Waals surface area contributed by atoms with Crippen LogP contribution in [0.4, 0.5) is 5.00 Å². The molecule has 0 unspecified atom stereocenters. The highest BCUT2D eigenvalue weighted by Gasteiger charge is 2.26. The Labute approximate surface area is 215 Å². The minimum Gasteiger partial charge on any atom is -0.462 e. The molecule has 1 amide bonds. The number of nitrogens with zero attached hydrogens (tertiary/aromatic N) is 3. The molecule has 7 nitrogen and oxygen atoms in total. The molecule has 1 aliphatic carbocycles. The van der Waals surface area contributed by atoms with E-state index in [0.717, 1.165) is 53.5 Å². The molecule has 180 valence electrons.